The van der Waals surface area contributed by atoms with E-state index in [1.54, 1.807) is 18.6 Å². The van der Waals surface area contributed by atoms with Gasteiger partial charge in [0.05, 0.1) is 23.5 Å². The zero-order valence-corrected chi connectivity index (χ0v) is 13.6. The number of nitrogens with one attached hydrogen (secondary N) is 2. The van der Waals surface area contributed by atoms with Crippen molar-refractivity contribution < 1.29 is 0 Å². The molecular formula is C17H18N8. The van der Waals surface area contributed by atoms with Gasteiger partial charge in [0.2, 0.25) is 5.95 Å². The van der Waals surface area contributed by atoms with Gasteiger partial charge in [-0.05, 0) is 31.7 Å². The first-order chi connectivity index (χ1) is 12.2. The molecule has 1 aliphatic rings. The summed E-state index contributed by atoms with van der Waals surface area (Å²) >= 11 is 0. The van der Waals surface area contributed by atoms with Crippen LogP contribution in [0.4, 0.5) is 11.8 Å². The van der Waals surface area contributed by atoms with Crippen LogP contribution in [0.25, 0.3) is 22.4 Å². The Balaban J connectivity index is 1.52. The van der Waals surface area contributed by atoms with E-state index >= 15 is 0 Å². The fraction of sp³-hybridized carbons (Fsp3) is 0.353. The van der Waals surface area contributed by atoms with Gasteiger partial charge in [-0.2, -0.15) is 10.2 Å². The van der Waals surface area contributed by atoms with Crippen LogP contribution < -0.4 is 11.1 Å². The van der Waals surface area contributed by atoms with Crippen molar-refractivity contribution in [2.24, 2.45) is 5.92 Å². The lowest BCUT2D eigenvalue weighted by atomic mass is 9.87. The fourth-order valence-corrected chi connectivity index (χ4v) is 3.17. The number of nitriles is 1. The summed E-state index contributed by atoms with van der Waals surface area (Å²) in [5.74, 6) is 1.05. The molecule has 4 N–H and O–H groups in total. The van der Waals surface area contributed by atoms with Crippen LogP contribution in [-0.4, -0.2) is 31.0 Å². The number of fused-ring (bicyclic) bond motifs is 1. The third-order valence-electron chi connectivity index (χ3n) is 4.60. The number of nitrogens with two attached hydrogens (primary N) is 1. The summed E-state index contributed by atoms with van der Waals surface area (Å²) in [6.07, 6.45) is 8.83. The van der Waals surface area contributed by atoms with Crippen LogP contribution in [0.5, 0.6) is 0 Å². The summed E-state index contributed by atoms with van der Waals surface area (Å²) in [7, 11) is 0. The fourth-order valence-electron chi connectivity index (χ4n) is 3.17. The number of aromatic amines is 1. The summed E-state index contributed by atoms with van der Waals surface area (Å²) < 4.78 is 0. The molecule has 4 rings (SSSR count). The molecule has 0 saturated heterocycles. The molecule has 1 aliphatic carbocycles. The molecule has 0 bridgehead atoms. The van der Waals surface area contributed by atoms with Crippen LogP contribution >= 0.6 is 0 Å². The van der Waals surface area contributed by atoms with Crippen molar-refractivity contribution in [3.05, 3.63) is 24.7 Å². The second-order valence-electron chi connectivity index (χ2n) is 6.28. The Hall–Kier alpha value is -3.21. The highest BCUT2D eigenvalue weighted by Crippen LogP contribution is 2.27. The highest BCUT2D eigenvalue weighted by molar-refractivity contribution is 5.77. The maximum absolute atomic E-state index is 8.97. The standard InChI is InChI=1S/C17H18N8/c18-7-10-1-3-11(4-2-10)23-17-22-8-12(15(19)25-17)14-9-21-16-13(24-14)5-6-20-16/h5-6,8-11H,1-4H2,(H,20,21)(H3,19,22,23,25). The molecule has 3 heterocycles. The van der Waals surface area contributed by atoms with Crippen molar-refractivity contribution >= 4 is 22.9 Å². The third-order valence-corrected chi connectivity index (χ3v) is 4.60. The maximum atomic E-state index is 8.97. The predicted molar refractivity (Wildman–Crippen MR) is 94.3 cm³/mol. The van der Waals surface area contributed by atoms with Crippen molar-refractivity contribution in [1.29, 1.82) is 5.26 Å². The van der Waals surface area contributed by atoms with Crippen LogP contribution in [0.3, 0.4) is 0 Å². The molecule has 0 radical (unpaired) electrons. The quantitative estimate of drug-likeness (QED) is 0.671. The molecule has 0 aliphatic heterocycles. The number of hydrogen-bond acceptors (Lipinski definition) is 7. The van der Waals surface area contributed by atoms with Crippen LogP contribution in [0.15, 0.2) is 24.7 Å². The van der Waals surface area contributed by atoms with E-state index in [1.165, 1.54) is 0 Å². The summed E-state index contributed by atoms with van der Waals surface area (Å²) in [5, 5.41) is 12.3. The highest BCUT2D eigenvalue weighted by Gasteiger charge is 2.21. The summed E-state index contributed by atoms with van der Waals surface area (Å²) in [6, 6.07) is 4.48. The maximum Gasteiger partial charge on any atom is 0.224 e. The molecule has 8 heteroatoms. The number of aromatic nitrogens is 5. The van der Waals surface area contributed by atoms with Gasteiger partial charge >= 0.3 is 0 Å². The summed E-state index contributed by atoms with van der Waals surface area (Å²) in [5.41, 5.74) is 8.92. The van der Waals surface area contributed by atoms with Crippen LogP contribution in [0.1, 0.15) is 25.7 Å². The van der Waals surface area contributed by atoms with Gasteiger partial charge in [-0.25, -0.2) is 15.0 Å². The minimum atomic E-state index is 0.174. The molecule has 0 atom stereocenters. The average molecular weight is 334 g/mol. The SMILES string of the molecule is N#CC1CCC(Nc2ncc(-c3cnc4[nH]ccc4n3)c(N)n2)CC1. The Labute approximate surface area is 144 Å². The number of H-pyrrole nitrogens is 1. The van der Waals surface area contributed by atoms with Crippen molar-refractivity contribution in [2.75, 3.05) is 11.1 Å². The largest absolute Gasteiger partial charge is 0.383 e. The number of hydrogen-bond donors (Lipinski definition) is 3. The van der Waals surface area contributed by atoms with Gasteiger partial charge in [-0.1, -0.05) is 0 Å². The Morgan fingerprint density at radius 1 is 1.16 bits per heavy atom. The van der Waals surface area contributed by atoms with E-state index in [0.717, 1.165) is 36.8 Å². The smallest absolute Gasteiger partial charge is 0.224 e. The van der Waals surface area contributed by atoms with Crippen LogP contribution in [0.2, 0.25) is 0 Å². The van der Waals surface area contributed by atoms with Gasteiger partial charge in [0.1, 0.15) is 11.3 Å². The van der Waals surface area contributed by atoms with E-state index < -0.39 is 0 Å². The number of anilines is 2. The molecule has 3 aromatic rings. The number of rotatable bonds is 3. The molecule has 8 nitrogen and oxygen atoms in total. The second-order valence-corrected chi connectivity index (χ2v) is 6.28. The van der Waals surface area contributed by atoms with Gasteiger partial charge in [-0.3, -0.25) is 0 Å². The van der Waals surface area contributed by atoms with Crippen molar-refractivity contribution in [2.45, 2.75) is 31.7 Å². The van der Waals surface area contributed by atoms with Gasteiger partial charge in [0, 0.05) is 24.4 Å². The zero-order chi connectivity index (χ0) is 17.2. The minimum Gasteiger partial charge on any atom is -0.383 e. The van der Waals surface area contributed by atoms with Crippen molar-refractivity contribution in [1.82, 2.24) is 24.9 Å². The van der Waals surface area contributed by atoms with Gasteiger partial charge < -0.3 is 16.0 Å². The topological polar surface area (TPSA) is 129 Å². The number of nitrogens with zero attached hydrogens (tertiary/aromatic N) is 5. The van der Waals surface area contributed by atoms with E-state index in [2.05, 4.69) is 36.3 Å². The lowest BCUT2D eigenvalue weighted by Gasteiger charge is -2.25. The normalized spacial score (nSPS) is 20.3. The van der Waals surface area contributed by atoms with Crippen LogP contribution in [-0.2, 0) is 0 Å². The monoisotopic (exact) mass is 334 g/mol. The Bertz CT molecular complexity index is 933. The summed E-state index contributed by atoms with van der Waals surface area (Å²) in [4.78, 5) is 20.6. The molecule has 0 aromatic carbocycles. The first kappa shape index (κ1) is 15.3. The first-order valence-corrected chi connectivity index (χ1v) is 8.32. The van der Waals surface area contributed by atoms with E-state index in [1.807, 2.05) is 6.07 Å². The Kier molecular flexibility index (Phi) is 3.90. The van der Waals surface area contributed by atoms with Gasteiger partial charge in [0.15, 0.2) is 5.65 Å². The molecule has 1 saturated carbocycles. The predicted octanol–water partition coefficient (Wildman–Crippen LogP) is 2.49. The Morgan fingerprint density at radius 3 is 2.76 bits per heavy atom. The zero-order valence-electron chi connectivity index (χ0n) is 13.6. The van der Waals surface area contributed by atoms with Crippen molar-refractivity contribution in [3.63, 3.8) is 0 Å². The van der Waals surface area contributed by atoms with E-state index in [9.17, 15) is 0 Å². The Morgan fingerprint density at radius 2 is 2.00 bits per heavy atom. The highest BCUT2D eigenvalue weighted by atomic mass is 15.1. The van der Waals surface area contributed by atoms with E-state index in [0.29, 0.717) is 23.0 Å². The van der Waals surface area contributed by atoms with Gasteiger partial charge in [0.25, 0.3) is 0 Å². The molecule has 0 unspecified atom stereocenters. The number of nitrogen functional groups attached to an aromatic ring is 1. The summed E-state index contributed by atoms with van der Waals surface area (Å²) in [6.45, 7) is 0. The molecule has 0 spiro atoms. The second kappa shape index (κ2) is 6.36. The lowest BCUT2D eigenvalue weighted by Crippen LogP contribution is -2.26. The lowest BCUT2D eigenvalue weighted by molar-refractivity contribution is 0.396. The molecule has 3 aromatic heterocycles. The molecule has 126 valence electrons. The molecule has 0 amide bonds. The first-order valence-electron chi connectivity index (χ1n) is 8.32. The van der Waals surface area contributed by atoms with E-state index in [-0.39, 0.29) is 12.0 Å². The molecular weight excluding hydrogens is 316 g/mol. The minimum absolute atomic E-state index is 0.174. The van der Waals surface area contributed by atoms with Gasteiger partial charge in [-0.15, -0.1) is 0 Å². The average Bonchev–Trinajstić information content (AvgIpc) is 3.10. The van der Waals surface area contributed by atoms with Crippen molar-refractivity contribution in [3.8, 4) is 17.3 Å². The third kappa shape index (κ3) is 3.08. The van der Waals surface area contributed by atoms with E-state index in [4.69, 9.17) is 11.0 Å². The molecule has 1 fully saturated rings. The van der Waals surface area contributed by atoms with Crippen LogP contribution in [0, 0.1) is 17.2 Å². The molecule has 25 heavy (non-hydrogen) atoms.